The molecule has 0 saturated carbocycles. The summed E-state index contributed by atoms with van der Waals surface area (Å²) in [6.45, 7) is 1.69. The third-order valence-corrected chi connectivity index (χ3v) is 5.42. The van der Waals surface area contributed by atoms with Gasteiger partial charge in [0.1, 0.15) is 5.75 Å². The molecule has 0 bridgehead atoms. The molecule has 0 saturated heterocycles. The van der Waals surface area contributed by atoms with Crippen LogP contribution in [0.2, 0.25) is 5.02 Å². The molecule has 134 valence electrons. The first-order valence-electron chi connectivity index (χ1n) is 7.43. The average molecular weight is 383 g/mol. The molecule has 0 aliphatic heterocycles. The largest absolute Gasteiger partial charge is 0.496 e. The molecule has 0 heterocycles. The van der Waals surface area contributed by atoms with Gasteiger partial charge in [0.15, 0.2) is 0 Å². The summed E-state index contributed by atoms with van der Waals surface area (Å²) in [4.78, 5) is 12.4. The van der Waals surface area contributed by atoms with E-state index in [1.165, 1.54) is 20.2 Å². The first-order valence-corrected chi connectivity index (χ1v) is 9.29. The van der Waals surface area contributed by atoms with Gasteiger partial charge in [0, 0.05) is 16.3 Å². The number of hydrogen-bond acceptors (Lipinski definition) is 4. The maximum atomic E-state index is 12.3. The van der Waals surface area contributed by atoms with Crippen molar-refractivity contribution in [2.24, 2.45) is 0 Å². The molecule has 1 amide bonds. The van der Waals surface area contributed by atoms with Crippen molar-refractivity contribution in [1.82, 2.24) is 4.72 Å². The predicted octanol–water partition coefficient (Wildman–Crippen LogP) is 2.75. The molecule has 0 aromatic heterocycles. The highest BCUT2D eigenvalue weighted by Gasteiger charge is 2.16. The Morgan fingerprint density at radius 2 is 1.92 bits per heavy atom. The first kappa shape index (κ1) is 19.2. The number of halogens is 1. The molecule has 0 atom stereocenters. The van der Waals surface area contributed by atoms with E-state index in [1.807, 2.05) is 0 Å². The maximum absolute atomic E-state index is 12.3. The zero-order chi connectivity index (χ0) is 18.6. The van der Waals surface area contributed by atoms with Gasteiger partial charge < -0.3 is 10.1 Å². The molecule has 25 heavy (non-hydrogen) atoms. The minimum absolute atomic E-state index is 0.0473. The number of amides is 1. The first-order chi connectivity index (χ1) is 11.8. The molecule has 2 aromatic carbocycles. The van der Waals surface area contributed by atoms with Crippen LogP contribution in [0.5, 0.6) is 5.75 Å². The lowest BCUT2D eigenvalue weighted by Gasteiger charge is -2.12. The third kappa shape index (κ3) is 4.72. The molecule has 0 aliphatic carbocycles. The van der Waals surface area contributed by atoms with Gasteiger partial charge in [-0.05, 0) is 49.9 Å². The fourth-order valence-electron chi connectivity index (χ4n) is 2.34. The summed E-state index contributed by atoms with van der Waals surface area (Å²) in [5.74, 6) is 0.249. The molecule has 0 aliphatic rings. The van der Waals surface area contributed by atoms with Gasteiger partial charge in [-0.3, -0.25) is 4.79 Å². The number of aryl methyl sites for hydroxylation is 1. The highest BCUT2D eigenvalue weighted by atomic mass is 35.5. The molecule has 0 spiro atoms. The molecule has 0 fully saturated rings. The van der Waals surface area contributed by atoms with E-state index in [0.717, 1.165) is 0 Å². The summed E-state index contributed by atoms with van der Waals surface area (Å²) in [5.41, 5.74) is 1.62. The predicted molar refractivity (Wildman–Crippen MR) is 97.8 cm³/mol. The van der Waals surface area contributed by atoms with Crippen LogP contribution >= 0.6 is 11.6 Å². The summed E-state index contributed by atoms with van der Waals surface area (Å²) in [6.07, 6.45) is 0.0473. The van der Waals surface area contributed by atoms with Crippen LogP contribution in [0, 0.1) is 6.92 Å². The Bertz CT molecular complexity index is 898. The third-order valence-electron chi connectivity index (χ3n) is 3.62. The number of carbonyl (C=O) groups excluding carboxylic acids is 1. The standard InChI is InChI=1S/C17H19ClN2O4S/c1-11-4-6-14(10-16(11)25(22,23)19-2)20-17(21)9-12-8-13(18)5-7-15(12)24-3/h4-8,10,19H,9H2,1-3H3,(H,20,21). The zero-order valence-electron chi connectivity index (χ0n) is 14.1. The summed E-state index contributed by atoms with van der Waals surface area (Å²) < 4.78 is 31.5. The highest BCUT2D eigenvalue weighted by molar-refractivity contribution is 7.89. The van der Waals surface area contributed by atoms with E-state index in [0.29, 0.717) is 27.6 Å². The molecule has 2 N–H and O–H groups in total. The van der Waals surface area contributed by atoms with Crippen molar-refractivity contribution in [2.45, 2.75) is 18.2 Å². The molecule has 6 nitrogen and oxygen atoms in total. The Hall–Kier alpha value is -2.09. The minimum atomic E-state index is -3.60. The van der Waals surface area contributed by atoms with Gasteiger partial charge in [-0.15, -0.1) is 0 Å². The van der Waals surface area contributed by atoms with Gasteiger partial charge in [-0.2, -0.15) is 0 Å². The number of hydrogen-bond donors (Lipinski definition) is 2. The summed E-state index contributed by atoms with van der Waals surface area (Å²) in [5, 5.41) is 3.20. The second kappa shape index (κ2) is 7.86. The Morgan fingerprint density at radius 3 is 2.56 bits per heavy atom. The van der Waals surface area contributed by atoms with Crippen LogP contribution < -0.4 is 14.8 Å². The van der Waals surface area contributed by atoms with E-state index in [4.69, 9.17) is 16.3 Å². The summed E-state index contributed by atoms with van der Waals surface area (Å²) >= 11 is 5.96. The number of rotatable bonds is 6. The van der Waals surface area contributed by atoms with Crippen LogP contribution in [0.4, 0.5) is 5.69 Å². The number of ether oxygens (including phenoxy) is 1. The van der Waals surface area contributed by atoms with E-state index >= 15 is 0 Å². The van der Waals surface area contributed by atoms with Crippen molar-refractivity contribution in [3.63, 3.8) is 0 Å². The fraction of sp³-hybridized carbons (Fsp3) is 0.235. The Morgan fingerprint density at radius 1 is 1.20 bits per heavy atom. The number of methoxy groups -OCH3 is 1. The monoisotopic (exact) mass is 382 g/mol. The topological polar surface area (TPSA) is 84.5 Å². The Balaban J connectivity index is 2.22. The van der Waals surface area contributed by atoms with Crippen LogP contribution in [0.3, 0.4) is 0 Å². The lowest BCUT2D eigenvalue weighted by atomic mass is 10.1. The maximum Gasteiger partial charge on any atom is 0.240 e. The second-order valence-electron chi connectivity index (χ2n) is 5.37. The van der Waals surface area contributed by atoms with Crippen LogP contribution in [-0.2, 0) is 21.2 Å². The zero-order valence-corrected chi connectivity index (χ0v) is 15.7. The van der Waals surface area contributed by atoms with E-state index in [9.17, 15) is 13.2 Å². The van der Waals surface area contributed by atoms with Crippen LogP contribution in [0.25, 0.3) is 0 Å². The van der Waals surface area contributed by atoms with E-state index in [2.05, 4.69) is 10.0 Å². The lowest BCUT2D eigenvalue weighted by molar-refractivity contribution is -0.115. The molecular formula is C17H19ClN2O4S. The Kier molecular flexibility index (Phi) is 6.05. The number of benzene rings is 2. The summed E-state index contributed by atoms with van der Waals surface area (Å²) in [6, 6.07) is 9.74. The van der Waals surface area contributed by atoms with Crippen molar-refractivity contribution in [1.29, 1.82) is 0 Å². The van der Waals surface area contributed by atoms with Crippen molar-refractivity contribution < 1.29 is 17.9 Å². The highest BCUT2D eigenvalue weighted by Crippen LogP contribution is 2.24. The minimum Gasteiger partial charge on any atom is -0.496 e. The van der Waals surface area contributed by atoms with E-state index in [1.54, 1.807) is 37.3 Å². The molecule has 8 heteroatoms. The second-order valence-corrected chi connectivity index (χ2v) is 7.66. The van der Waals surface area contributed by atoms with E-state index < -0.39 is 10.0 Å². The van der Waals surface area contributed by atoms with Gasteiger partial charge >= 0.3 is 0 Å². The SMILES string of the molecule is CNS(=O)(=O)c1cc(NC(=O)Cc2cc(Cl)ccc2OC)ccc1C. The van der Waals surface area contributed by atoms with Crippen LogP contribution in [0.15, 0.2) is 41.3 Å². The number of carbonyl (C=O) groups is 1. The molecule has 0 unspecified atom stereocenters. The van der Waals surface area contributed by atoms with Crippen molar-refractivity contribution in [2.75, 3.05) is 19.5 Å². The van der Waals surface area contributed by atoms with Gasteiger partial charge in [0.05, 0.1) is 18.4 Å². The number of anilines is 1. The van der Waals surface area contributed by atoms with Gasteiger partial charge in [0.2, 0.25) is 15.9 Å². The number of sulfonamides is 1. The van der Waals surface area contributed by atoms with E-state index in [-0.39, 0.29) is 17.2 Å². The van der Waals surface area contributed by atoms with Gasteiger partial charge in [-0.25, -0.2) is 13.1 Å². The van der Waals surface area contributed by atoms with Gasteiger partial charge in [-0.1, -0.05) is 17.7 Å². The normalized spacial score (nSPS) is 11.2. The van der Waals surface area contributed by atoms with Crippen molar-refractivity contribution in [3.05, 3.63) is 52.5 Å². The quantitative estimate of drug-likeness (QED) is 0.804. The van der Waals surface area contributed by atoms with Crippen molar-refractivity contribution in [3.8, 4) is 5.75 Å². The smallest absolute Gasteiger partial charge is 0.240 e. The average Bonchev–Trinajstić information content (AvgIpc) is 2.56. The fourth-order valence-corrected chi connectivity index (χ4v) is 3.53. The lowest BCUT2D eigenvalue weighted by Crippen LogP contribution is -2.20. The van der Waals surface area contributed by atoms with Crippen LogP contribution in [-0.4, -0.2) is 28.5 Å². The molecule has 2 aromatic rings. The van der Waals surface area contributed by atoms with Crippen LogP contribution in [0.1, 0.15) is 11.1 Å². The number of nitrogens with one attached hydrogen (secondary N) is 2. The molecular weight excluding hydrogens is 364 g/mol. The Labute approximate surface area is 152 Å². The molecule has 2 rings (SSSR count). The van der Waals surface area contributed by atoms with Gasteiger partial charge in [0.25, 0.3) is 0 Å². The van der Waals surface area contributed by atoms with Crippen molar-refractivity contribution >= 4 is 33.2 Å². The summed E-state index contributed by atoms with van der Waals surface area (Å²) in [7, 11) is -0.749. The molecule has 0 radical (unpaired) electrons.